The molecule has 4 heteroatoms. The average molecular weight is 449 g/mol. The van der Waals surface area contributed by atoms with E-state index in [-0.39, 0.29) is 11.9 Å². The number of esters is 2. The van der Waals surface area contributed by atoms with E-state index in [0.717, 1.165) is 38.5 Å². The highest BCUT2D eigenvalue weighted by atomic mass is 16.5. The number of hydrogen-bond acceptors (Lipinski definition) is 4. The van der Waals surface area contributed by atoms with Crippen molar-refractivity contribution in [1.29, 1.82) is 0 Å². The van der Waals surface area contributed by atoms with Gasteiger partial charge in [0.15, 0.2) is 0 Å². The Morgan fingerprint density at radius 3 is 1.62 bits per heavy atom. The zero-order valence-electron chi connectivity index (χ0n) is 21.0. The van der Waals surface area contributed by atoms with Gasteiger partial charge in [-0.05, 0) is 64.7 Å². The van der Waals surface area contributed by atoms with Crippen LogP contribution in [0.5, 0.6) is 0 Å². The van der Waals surface area contributed by atoms with Crippen molar-refractivity contribution in [3.05, 3.63) is 49.1 Å². The maximum atomic E-state index is 10.5. The summed E-state index contributed by atoms with van der Waals surface area (Å²) in [5.41, 5.74) is 0. The number of carbonyl (C=O) groups excluding carboxylic acids is 2. The smallest absolute Gasteiger partial charge is 0.302 e. The van der Waals surface area contributed by atoms with Crippen LogP contribution in [-0.4, -0.2) is 25.2 Å². The molecule has 32 heavy (non-hydrogen) atoms. The number of allylic oxidation sites excluding steroid dienone is 7. The first kappa shape index (κ1) is 32.1. The third kappa shape index (κ3) is 35.3. The predicted octanol–water partition coefficient (Wildman–Crippen LogP) is 8.04. The fraction of sp³-hybridized carbons (Fsp3) is 0.643. The second-order valence-corrected chi connectivity index (χ2v) is 7.72. The molecule has 0 saturated carbocycles. The first-order valence-electron chi connectivity index (χ1n) is 12.3. The van der Waals surface area contributed by atoms with Crippen LogP contribution in [0.25, 0.3) is 0 Å². The second-order valence-electron chi connectivity index (χ2n) is 7.72. The van der Waals surface area contributed by atoms with Crippen LogP contribution in [-0.2, 0) is 19.1 Å². The van der Waals surface area contributed by atoms with Crippen molar-refractivity contribution in [2.75, 3.05) is 13.2 Å². The summed E-state index contributed by atoms with van der Waals surface area (Å²) in [6, 6.07) is 0. The van der Waals surface area contributed by atoms with E-state index in [1.807, 2.05) is 12.2 Å². The molecule has 0 aromatic carbocycles. The van der Waals surface area contributed by atoms with E-state index in [0.29, 0.717) is 13.2 Å². The topological polar surface area (TPSA) is 52.6 Å². The van der Waals surface area contributed by atoms with Crippen LogP contribution >= 0.6 is 0 Å². The minimum Gasteiger partial charge on any atom is -0.466 e. The van der Waals surface area contributed by atoms with E-state index in [1.54, 1.807) is 0 Å². The number of hydrogen-bond donors (Lipinski definition) is 0. The molecule has 0 aliphatic rings. The average Bonchev–Trinajstić information content (AvgIpc) is 2.76. The fourth-order valence-electron chi connectivity index (χ4n) is 2.82. The van der Waals surface area contributed by atoms with E-state index in [1.165, 1.54) is 58.8 Å². The zero-order chi connectivity index (χ0) is 24.1. The molecule has 0 aliphatic carbocycles. The van der Waals surface area contributed by atoms with Gasteiger partial charge in [0.1, 0.15) is 0 Å². The normalized spacial score (nSPS) is 11.0. The number of ether oxygens (including phenoxy) is 2. The fourth-order valence-corrected chi connectivity index (χ4v) is 2.82. The lowest BCUT2D eigenvalue weighted by molar-refractivity contribution is -0.142. The molecule has 0 unspecified atom stereocenters. The maximum Gasteiger partial charge on any atom is 0.302 e. The van der Waals surface area contributed by atoms with Gasteiger partial charge in [-0.3, -0.25) is 9.59 Å². The SMILES string of the molecule is C/C=C/CCCC/C=C/CCCOC(C)=O.C=CC=CCCCCCCCCOC(C)=O. The highest BCUT2D eigenvalue weighted by molar-refractivity contribution is 5.66. The Bertz CT molecular complexity index is 518. The van der Waals surface area contributed by atoms with E-state index in [9.17, 15) is 9.59 Å². The van der Waals surface area contributed by atoms with Crippen molar-refractivity contribution in [3.8, 4) is 0 Å². The van der Waals surface area contributed by atoms with Gasteiger partial charge in [-0.2, -0.15) is 0 Å². The van der Waals surface area contributed by atoms with Crippen molar-refractivity contribution >= 4 is 11.9 Å². The molecule has 0 atom stereocenters. The summed E-state index contributed by atoms with van der Waals surface area (Å²) in [6.07, 6.45) is 29.9. The van der Waals surface area contributed by atoms with Crippen molar-refractivity contribution in [1.82, 2.24) is 0 Å². The van der Waals surface area contributed by atoms with Gasteiger partial charge in [-0.15, -0.1) is 0 Å². The van der Waals surface area contributed by atoms with Gasteiger partial charge in [0.2, 0.25) is 0 Å². The molecule has 0 spiro atoms. The Labute approximate surface area is 197 Å². The lowest BCUT2D eigenvalue weighted by atomic mass is 10.1. The van der Waals surface area contributed by atoms with Crippen molar-refractivity contribution in [2.24, 2.45) is 0 Å². The Hall–Kier alpha value is -2.10. The van der Waals surface area contributed by atoms with Crippen LogP contribution in [0.4, 0.5) is 0 Å². The number of rotatable bonds is 19. The van der Waals surface area contributed by atoms with Gasteiger partial charge in [0.25, 0.3) is 0 Å². The third-order valence-corrected chi connectivity index (χ3v) is 4.56. The van der Waals surface area contributed by atoms with Crippen LogP contribution in [0, 0.1) is 0 Å². The molecule has 0 aromatic rings. The molecule has 0 radical (unpaired) electrons. The van der Waals surface area contributed by atoms with Gasteiger partial charge in [0, 0.05) is 13.8 Å². The quantitative estimate of drug-likeness (QED) is 0.0868. The van der Waals surface area contributed by atoms with E-state index in [4.69, 9.17) is 9.47 Å². The maximum absolute atomic E-state index is 10.5. The van der Waals surface area contributed by atoms with E-state index >= 15 is 0 Å². The summed E-state index contributed by atoms with van der Waals surface area (Å²) in [5.74, 6) is -0.359. The van der Waals surface area contributed by atoms with Gasteiger partial charge < -0.3 is 9.47 Å². The molecular formula is C28H48O4. The second kappa shape index (κ2) is 28.9. The summed E-state index contributed by atoms with van der Waals surface area (Å²) in [7, 11) is 0. The van der Waals surface area contributed by atoms with Gasteiger partial charge >= 0.3 is 11.9 Å². The van der Waals surface area contributed by atoms with Crippen LogP contribution in [0.3, 0.4) is 0 Å². The van der Waals surface area contributed by atoms with E-state index < -0.39 is 0 Å². The van der Waals surface area contributed by atoms with Gasteiger partial charge in [-0.25, -0.2) is 0 Å². The highest BCUT2D eigenvalue weighted by Crippen LogP contribution is 2.07. The molecule has 0 aromatic heterocycles. The van der Waals surface area contributed by atoms with Gasteiger partial charge in [0.05, 0.1) is 13.2 Å². The molecular weight excluding hydrogens is 400 g/mol. The molecule has 0 aliphatic heterocycles. The molecule has 0 bridgehead atoms. The molecule has 4 nitrogen and oxygen atoms in total. The van der Waals surface area contributed by atoms with Crippen LogP contribution < -0.4 is 0 Å². The molecule has 0 fully saturated rings. The zero-order valence-corrected chi connectivity index (χ0v) is 21.0. The summed E-state index contributed by atoms with van der Waals surface area (Å²) >= 11 is 0. The third-order valence-electron chi connectivity index (χ3n) is 4.56. The Morgan fingerprint density at radius 2 is 1.06 bits per heavy atom. The van der Waals surface area contributed by atoms with Crippen LogP contribution in [0.1, 0.15) is 104 Å². The summed E-state index contributed by atoms with van der Waals surface area (Å²) in [4.78, 5) is 20.9. The van der Waals surface area contributed by atoms with Gasteiger partial charge in [-0.1, -0.05) is 74.8 Å². The monoisotopic (exact) mass is 448 g/mol. The molecule has 0 heterocycles. The number of carbonyl (C=O) groups is 2. The molecule has 0 amide bonds. The molecule has 184 valence electrons. The Morgan fingerprint density at radius 1 is 0.625 bits per heavy atom. The first-order valence-corrected chi connectivity index (χ1v) is 12.3. The van der Waals surface area contributed by atoms with Crippen molar-refractivity contribution in [2.45, 2.75) is 104 Å². The largest absolute Gasteiger partial charge is 0.466 e. The molecule has 0 rings (SSSR count). The lowest BCUT2D eigenvalue weighted by Crippen LogP contribution is -1.99. The first-order chi connectivity index (χ1) is 15.5. The van der Waals surface area contributed by atoms with Crippen LogP contribution in [0.2, 0.25) is 0 Å². The van der Waals surface area contributed by atoms with Crippen molar-refractivity contribution < 1.29 is 19.1 Å². The predicted molar refractivity (Wildman–Crippen MR) is 137 cm³/mol. The van der Waals surface area contributed by atoms with Crippen molar-refractivity contribution in [3.63, 3.8) is 0 Å². The summed E-state index contributed by atoms with van der Waals surface area (Å²) < 4.78 is 9.69. The minimum absolute atomic E-state index is 0.172. The Kier molecular flexibility index (Phi) is 29.0. The highest BCUT2D eigenvalue weighted by Gasteiger charge is 1.94. The molecule has 0 N–H and O–H groups in total. The number of unbranched alkanes of at least 4 members (excludes halogenated alkanes) is 10. The molecule has 0 saturated heterocycles. The minimum atomic E-state index is -0.187. The lowest BCUT2D eigenvalue weighted by Gasteiger charge is -2.01. The standard InChI is InChI=1S/2C14H24O2/c2*1-3-4-5-6-7-8-9-10-11-12-13-16-14(2)15/h3-4,9-10H,5-8,11-13H2,1-2H3;3-5H,1,6-13H2,2H3/b4-3+,10-9+;. The Balaban J connectivity index is 0. The van der Waals surface area contributed by atoms with E-state index in [2.05, 4.69) is 43.9 Å². The summed E-state index contributed by atoms with van der Waals surface area (Å²) in [6.45, 7) is 9.71. The summed E-state index contributed by atoms with van der Waals surface area (Å²) in [5, 5.41) is 0. The van der Waals surface area contributed by atoms with Crippen LogP contribution in [0.15, 0.2) is 49.1 Å².